The van der Waals surface area contributed by atoms with Crippen LogP contribution in [0.3, 0.4) is 0 Å². The average Bonchev–Trinajstić information content (AvgIpc) is 3.59. The molecule has 2 heterocycles. The third-order valence-corrected chi connectivity index (χ3v) is 9.84. The van der Waals surface area contributed by atoms with E-state index in [1.165, 1.54) is 27.3 Å². The normalized spacial score (nSPS) is 11.5. The zero-order valence-corrected chi connectivity index (χ0v) is 27.6. The van der Waals surface area contributed by atoms with Crippen LogP contribution in [0.1, 0.15) is 0 Å². The quantitative estimate of drug-likeness (QED) is 0.186. The third-order valence-electron chi connectivity index (χ3n) is 9.84. The molecule has 0 saturated heterocycles. The molecule has 10 rings (SSSR count). The first kappa shape index (κ1) is 29.1. The van der Waals surface area contributed by atoms with E-state index in [2.05, 4.69) is 152 Å². The van der Waals surface area contributed by atoms with Crippen LogP contribution < -0.4 is 0 Å². The van der Waals surface area contributed by atoms with Gasteiger partial charge < -0.3 is 4.42 Å². The van der Waals surface area contributed by atoms with E-state index in [1.807, 2.05) is 30.3 Å². The second kappa shape index (κ2) is 11.9. The van der Waals surface area contributed by atoms with E-state index in [1.54, 1.807) is 0 Å². The Balaban J connectivity index is 1.17. The second-order valence-electron chi connectivity index (χ2n) is 13.0. The monoisotopic (exact) mass is 650 g/mol. The number of furan rings is 1. The number of nitrogens with zero attached hydrogens (tertiary/aromatic N) is 2. The van der Waals surface area contributed by atoms with E-state index in [9.17, 15) is 0 Å². The average molecular weight is 651 g/mol. The standard InChI is InChI=1S/C48H30N2O/c1-3-11-31(12-4-1)35-20-21-37-27-39(24-22-36(37)25-35)43-30-44(50-48(49-43)33-14-5-2-6-15-33)40-28-42(38-23-19-32-13-7-8-16-34(32)26-38)47-41-17-9-10-18-45(41)51-46(47)29-40/h1-30H. The van der Waals surface area contributed by atoms with E-state index in [0.717, 1.165) is 66.5 Å². The summed E-state index contributed by atoms with van der Waals surface area (Å²) in [5.41, 5.74) is 11.0. The maximum absolute atomic E-state index is 6.54. The van der Waals surface area contributed by atoms with Crippen molar-refractivity contribution in [1.82, 2.24) is 9.97 Å². The largest absolute Gasteiger partial charge is 0.456 e. The molecule has 0 bridgehead atoms. The lowest BCUT2D eigenvalue weighted by Crippen LogP contribution is -1.96. The number of rotatable bonds is 5. The summed E-state index contributed by atoms with van der Waals surface area (Å²) in [6.45, 7) is 0. The number of benzene rings is 8. The van der Waals surface area contributed by atoms with Crippen molar-refractivity contribution in [3.8, 4) is 56.2 Å². The molecule has 3 heteroatoms. The molecule has 0 atom stereocenters. The summed E-state index contributed by atoms with van der Waals surface area (Å²) in [5, 5.41) is 6.97. The molecule has 0 aliphatic heterocycles. The molecule has 8 aromatic carbocycles. The van der Waals surface area contributed by atoms with E-state index in [0.29, 0.717) is 5.82 Å². The lowest BCUT2D eigenvalue weighted by atomic mass is 9.94. The zero-order chi connectivity index (χ0) is 33.7. The van der Waals surface area contributed by atoms with Crippen molar-refractivity contribution in [3.05, 3.63) is 182 Å². The Morgan fingerprint density at radius 3 is 1.71 bits per heavy atom. The first-order chi connectivity index (χ1) is 25.2. The summed E-state index contributed by atoms with van der Waals surface area (Å²) >= 11 is 0. The van der Waals surface area contributed by atoms with E-state index in [-0.39, 0.29) is 0 Å². The third kappa shape index (κ3) is 5.24. The molecule has 0 N–H and O–H groups in total. The lowest BCUT2D eigenvalue weighted by Gasteiger charge is -2.12. The molecule has 238 valence electrons. The van der Waals surface area contributed by atoms with Gasteiger partial charge in [0.15, 0.2) is 5.82 Å². The fraction of sp³-hybridized carbons (Fsp3) is 0. The van der Waals surface area contributed by atoms with Crippen LogP contribution in [-0.4, -0.2) is 9.97 Å². The molecule has 0 aliphatic rings. The summed E-state index contributed by atoms with van der Waals surface area (Å²) < 4.78 is 6.54. The van der Waals surface area contributed by atoms with Crippen molar-refractivity contribution in [2.45, 2.75) is 0 Å². The van der Waals surface area contributed by atoms with E-state index >= 15 is 0 Å². The van der Waals surface area contributed by atoms with Crippen LogP contribution in [0.25, 0.3) is 99.6 Å². The Morgan fingerprint density at radius 1 is 0.333 bits per heavy atom. The Morgan fingerprint density at radius 2 is 0.902 bits per heavy atom. The minimum Gasteiger partial charge on any atom is -0.456 e. The van der Waals surface area contributed by atoms with Crippen LogP contribution in [0.5, 0.6) is 0 Å². The van der Waals surface area contributed by atoms with Crippen LogP contribution in [-0.2, 0) is 0 Å². The SMILES string of the molecule is c1ccc(-c2ccc3cc(-c4cc(-c5cc(-c6ccc7ccccc7c6)c6c(c5)oc5ccccc56)nc(-c5ccccc5)n4)ccc3c2)cc1. The van der Waals surface area contributed by atoms with Gasteiger partial charge in [0.25, 0.3) is 0 Å². The van der Waals surface area contributed by atoms with Gasteiger partial charge in [0.05, 0.1) is 11.4 Å². The highest BCUT2D eigenvalue weighted by atomic mass is 16.3. The van der Waals surface area contributed by atoms with Crippen molar-refractivity contribution in [2.75, 3.05) is 0 Å². The maximum Gasteiger partial charge on any atom is 0.160 e. The number of hydrogen-bond acceptors (Lipinski definition) is 3. The predicted molar refractivity (Wildman–Crippen MR) is 212 cm³/mol. The Bertz CT molecular complexity index is 2910. The van der Waals surface area contributed by atoms with Crippen LogP contribution in [0, 0.1) is 0 Å². The van der Waals surface area contributed by atoms with Gasteiger partial charge in [-0.1, -0.05) is 140 Å². The number of fused-ring (bicyclic) bond motifs is 5. The summed E-state index contributed by atoms with van der Waals surface area (Å²) in [5.74, 6) is 0.680. The lowest BCUT2D eigenvalue weighted by molar-refractivity contribution is 0.669. The molecule has 3 nitrogen and oxygen atoms in total. The smallest absolute Gasteiger partial charge is 0.160 e. The van der Waals surface area contributed by atoms with Gasteiger partial charge in [-0.05, 0) is 86.3 Å². The fourth-order valence-corrected chi connectivity index (χ4v) is 7.26. The molecule has 0 aliphatic carbocycles. The van der Waals surface area contributed by atoms with Gasteiger partial charge in [-0.25, -0.2) is 9.97 Å². The predicted octanol–water partition coefficient (Wildman–Crippen LogP) is 13.0. The van der Waals surface area contributed by atoms with Gasteiger partial charge in [0, 0.05) is 27.5 Å². The van der Waals surface area contributed by atoms with Crippen molar-refractivity contribution >= 4 is 43.5 Å². The highest BCUT2D eigenvalue weighted by Gasteiger charge is 2.18. The molecule has 51 heavy (non-hydrogen) atoms. The maximum atomic E-state index is 6.54. The Labute approximate surface area is 295 Å². The summed E-state index contributed by atoms with van der Waals surface area (Å²) in [6, 6.07) is 63.9. The van der Waals surface area contributed by atoms with Crippen LogP contribution in [0.4, 0.5) is 0 Å². The second-order valence-corrected chi connectivity index (χ2v) is 13.0. The highest BCUT2D eigenvalue weighted by molar-refractivity contribution is 6.14. The van der Waals surface area contributed by atoms with Gasteiger partial charge in [0.2, 0.25) is 0 Å². The minimum atomic E-state index is 0.680. The van der Waals surface area contributed by atoms with Crippen molar-refractivity contribution in [2.24, 2.45) is 0 Å². The topological polar surface area (TPSA) is 38.9 Å². The number of para-hydroxylation sites is 1. The summed E-state index contributed by atoms with van der Waals surface area (Å²) in [7, 11) is 0. The molecule has 0 unspecified atom stereocenters. The van der Waals surface area contributed by atoms with Gasteiger partial charge in [-0.15, -0.1) is 0 Å². The number of aromatic nitrogens is 2. The van der Waals surface area contributed by atoms with E-state index in [4.69, 9.17) is 14.4 Å². The first-order valence-corrected chi connectivity index (χ1v) is 17.2. The minimum absolute atomic E-state index is 0.680. The molecule has 0 radical (unpaired) electrons. The van der Waals surface area contributed by atoms with Crippen molar-refractivity contribution < 1.29 is 4.42 Å². The molecule has 0 saturated carbocycles. The van der Waals surface area contributed by atoms with Crippen molar-refractivity contribution in [3.63, 3.8) is 0 Å². The zero-order valence-electron chi connectivity index (χ0n) is 27.6. The fourth-order valence-electron chi connectivity index (χ4n) is 7.26. The summed E-state index contributed by atoms with van der Waals surface area (Å²) in [4.78, 5) is 10.3. The molecule has 2 aromatic heterocycles. The van der Waals surface area contributed by atoms with Gasteiger partial charge in [-0.3, -0.25) is 0 Å². The molecule has 0 spiro atoms. The van der Waals surface area contributed by atoms with Crippen LogP contribution >= 0.6 is 0 Å². The van der Waals surface area contributed by atoms with Gasteiger partial charge >= 0.3 is 0 Å². The summed E-state index contributed by atoms with van der Waals surface area (Å²) in [6.07, 6.45) is 0. The Kier molecular flexibility index (Phi) is 6.81. The van der Waals surface area contributed by atoms with Crippen LogP contribution in [0.2, 0.25) is 0 Å². The molecule has 0 fully saturated rings. The number of hydrogen-bond donors (Lipinski definition) is 0. The molecule has 10 aromatic rings. The van der Waals surface area contributed by atoms with Gasteiger partial charge in [0.1, 0.15) is 11.2 Å². The Hall–Kier alpha value is -6.84. The first-order valence-electron chi connectivity index (χ1n) is 17.2. The highest BCUT2D eigenvalue weighted by Crippen LogP contribution is 2.41. The van der Waals surface area contributed by atoms with Crippen LogP contribution in [0.15, 0.2) is 186 Å². The molecular formula is C48H30N2O. The molecule has 0 amide bonds. The molecular weight excluding hydrogens is 621 g/mol. The van der Waals surface area contributed by atoms with E-state index < -0.39 is 0 Å². The van der Waals surface area contributed by atoms with Crippen molar-refractivity contribution in [1.29, 1.82) is 0 Å². The van der Waals surface area contributed by atoms with Gasteiger partial charge in [-0.2, -0.15) is 0 Å².